The molecule has 0 aliphatic rings. The van der Waals surface area contributed by atoms with Gasteiger partial charge in [0.15, 0.2) is 4.80 Å². The van der Waals surface area contributed by atoms with Crippen LogP contribution in [-0.4, -0.2) is 32.1 Å². The summed E-state index contributed by atoms with van der Waals surface area (Å²) in [6.45, 7) is 9.70. The molecule has 1 amide bonds. The zero-order valence-electron chi connectivity index (χ0n) is 20.7. The number of rotatable bonds is 8. The first-order chi connectivity index (χ1) is 17.2. The summed E-state index contributed by atoms with van der Waals surface area (Å²) in [4.78, 5) is 18.2. The summed E-state index contributed by atoms with van der Waals surface area (Å²) in [7, 11) is -3.72. The van der Waals surface area contributed by atoms with Crippen LogP contribution in [0.1, 0.15) is 34.0 Å². The molecule has 4 aromatic rings. The second-order valence-electron chi connectivity index (χ2n) is 8.55. The van der Waals surface area contributed by atoms with Gasteiger partial charge in [-0.3, -0.25) is 9.52 Å². The van der Waals surface area contributed by atoms with E-state index in [1.54, 1.807) is 48.5 Å². The first kappa shape index (κ1) is 25.8. The quantitative estimate of drug-likeness (QED) is 0.321. The summed E-state index contributed by atoms with van der Waals surface area (Å²) >= 11 is 1.47. The number of anilines is 1. The molecule has 1 aromatic heterocycles. The van der Waals surface area contributed by atoms with Crippen LogP contribution in [0.4, 0.5) is 5.69 Å². The fraction of sp³-hybridized carbons (Fsp3) is 0.259. The molecule has 0 bridgehead atoms. The lowest BCUT2D eigenvalue weighted by atomic mass is 10.1. The number of thiazole rings is 1. The Labute approximate surface area is 215 Å². The van der Waals surface area contributed by atoms with Crippen molar-refractivity contribution in [3.63, 3.8) is 0 Å². The minimum atomic E-state index is -3.72. The summed E-state index contributed by atoms with van der Waals surface area (Å²) in [6.07, 6.45) is 0. The molecule has 0 radical (unpaired) electrons. The molecule has 36 heavy (non-hydrogen) atoms. The van der Waals surface area contributed by atoms with E-state index in [1.807, 2.05) is 18.4 Å². The van der Waals surface area contributed by atoms with Crippen molar-refractivity contribution >= 4 is 43.2 Å². The van der Waals surface area contributed by atoms with Gasteiger partial charge in [-0.1, -0.05) is 29.0 Å². The van der Waals surface area contributed by atoms with Crippen molar-refractivity contribution in [2.45, 2.75) is 39.1 Å². The second kappa shape index (κ2) is 10.8. The van der Waals surface area contributed by atoms with E-state index in [4.69, 9.17) is 4.74 Å². The maximum absolute atomic E-state index is 13.0. The van der Waals surface area contributed by atoms with Gasteiger partial charge in [0.05, 0.1) is 21.7 Å². The molecule has 9 heteroatoms. The van der Waals surface area contributed by atoms with Crippen molar-refractivity contribution in [2.75, 3.05) is 17.9 Å². The van der Waals surface area contributed by atoms with E-state index in [2.05, 4.69) is 35.7 Å². The molecule has 0 saturated heterocycles. The van der Waals surface area contributed by atoms with Gasteiger partial charge in [-0.05, 0) is 87.4 Å². The molecule has 0 atom stereocenters. The molecule has 0 fully saturated rings. The molecular weight excluding hydrogens is 494 g/mol. The third-order valence-corrected chi connectivity index (χ3v) is 8.31. The molecule has 4 rings (SSSR count). The Morgan fingerprint density at radius 2 is 1.67 bits per heavy atom. The number of amides is 1. The lowest BCUT2D eigenvalue weighted by molar-refractivity contribution is 0.0996. The van der Waals surface area contributed by atoms with Crippen LogP contribution >= 0.6 is 11.3 Å². The Bertz CT molecular complexity index is 1570. The first-order valence-electron chi connectivity index (χ1n) is 11.6. The highest BCUT2D eigenvalue weighted by molar-refractivity contribution is 7.92. The highest BCUT2D eigenvalue weighted by atomic mass is 32.2. The fourth-order valence-corrected chi connectivity index (χ4v) is 5.88. The Kier molecular flexibility index (Phi) is 7.73. The molecule has 0 aliphatic heterocycles. The predicted molar refractivity (Wildman–Crippen MR) is 144 cm³/mol. The minimum Gasteiger partial charge on any atom is -0.380 e. The molecule has 0 unspecified atom stereocenters. The number of nitrogens with one attached hydrogen (secondary N) is 1. The summed E-state index contributed by atoms with van der Waals surface area (Å²) in [5.74, 6) is -0.395. The van der Waals surface area contributed by atoms with Crippen molar-refractivity contribution in [2.24, 2.45) is 4.99 Å². The van der Waals surface area contributed by atoms with Crippen molar-refractivity contribution < 1.29 is 17.9 Å². The van der Waals surface area contributed by atoms with Gasteiger partial charge in [-0.25, -0.2) is 8.42 Å². The molecule has 0 spiro atoms. The average Bonchev–Trinajstić information content (AvgIpc) is 3.15. The normalized spacial score (nSPS) is 12.3. The van der Waals surface area contributed by atoms with E-state index in [0.29, 0.717) is 35.8 Å². The summed E-state index contributed by atoms with van der Waals surface area (Å²) in [5, 5.41) is 0. The van der Waals surface area contributed by atoms with Crippen molar-refractivity contribution in [3.8, 4) is 0 Å². The van der Waals surface area contributed by atoms with Crippen molar-refractivity contribution in [3.05, 3.63) is 87.7 Å². The van der Waals surface area contributed by atoms with Gasteiger partial charge in [0.25, 0.3) is 15.9 Å². The van der Waals surface area contributed by atoms with Gasteiger partial charge in [-0.2, -0.15) is 4.99 Å². The van der Waals surface area contributed by atoms with Gasteiger partial charge >= 0.3 is 0 Å². The topological polar surface area (TPSA) is 89.8 Å². The largest absolute Gasteiger partial charge is 0.380 e. The monoisotopic (exact) mass is 523 g/mol. The van der Waals surface area contributed by atoms with Crippen LogP contribution in [0.2, 0.25) is 0 Å². The number of ether oxygens (including phenoxy) is 1. The molecule has 1 heterocycles. The molecule has 0 saturated carbocycles. The van der Waals surface area contributed by atoms with Crippen LogP contribution in [0.15, 0.2) is 70.6 Å². The van der Waals surface area contributed by atoms with Crippen LogP contribution in [0.5, 0.6) is 0 Å². The van der Waals surface area contributed by atoms with Crippen LogP contribution < -0.4 is 9.52 Å². The number of carbonyl (C=O) groups excluding carboxylic acids is 1. The molecule has 3 aromatic carbocycles. The summed E-state index contributed by atoms with van der Waals surface area (Å²) in [5.41, 5.74) is 5.09. The molecule has 0 aliphatic carbocycles. The van der Waals surface area contributed by atoms with Crippen LogP contribution in [0.3, 0.4) is 0 Å². The SMILES string of the molecule is CCOCCn1c(=NC(=O)c2ccc(NS(=O)(=O)c3ccc(C)cc3)cc2)sc2cc(C)c(C)cc21. The standard InChI is InChI=1S/C27H29N3O4S2/c1-5-34-15-14-30-24-16-19(3)20(4)17-25(24)35-27(30)28-26(31)21-8-10-22(11-9-21)29-36(32,33)23-12-6-18(2)7-13-23/h6-13,16-17,29H,5,14-15H2,1-4H3. The number of carbonyl (C=O) groups is 1. The maximum atomic E-state index is 13.0. The second-order valence-corrected chi connectivity index (χ2v) is 11.2. The van der Waals surface area contributed by atoms with Crippen molar-refractivity contribution in [1.29, 1.82) is 0 Å². The van der Waals surface area contributed by atoms with E-state index in [0.717, 1.165) is 15.8 Å². The number of hydrogen-bond acceptors (Lipinski definition) is 5. The van der Waals surface area contributed by atoms with Gasteiger partial charge in [0, 0.05) is 24.4 Å². The fourth-order valence-electron chi connectivity index (χ4n) is 3.69. The maximum Gasteiger partial charge on any atom is 0.279 e. The third kappa shape index (κ3) is 5.75. The van der Waals surface area contributed by atoms with E-state index < -0.39 is 15.9 Å². The van der Waals surface area contributed by atoms with Crippen molar-refractivity contribution in [1.82, 2.24) is 4.57 Å². The highest BCUT2D eigenvalue weighted by Gasteiger charge is 2.15. The van der Waals surface area contributed by atoms with Gasteiger partial charge in [0.1, 0.15) is 0 Å². The molecule has 188 valence electrons. The number of aryl methyl sites for hydroxylation is 3. The average molecular weight is 524 g/mol. The number of hydrogen-bond donors (Lipinski definition) is 1. The van der Waals surface area contributed by atoms with E-state index in [-0.39, 0.29) is 4.90 Å². The minimum absolute atomic E-state index is 0.176. The Morgan fingerprint density at radius 3 is 2.33 bits per heavy atom. The molecule has 1 N–H and O–H groups in total. The lowest BCUT2D eigenvalue weighted by Crippen LogP contribution is -2.20. The van der Waals surface area contributed by atoms with E-state index in [1.165, 1.54) is 22.5 Å². The lowest BCUT2D eigenvalue weighted by Gasteiger charge is -2.09. The molecule has 7 nitrogen and oxygen atoms in total. The van der Waals surface area contributed by atoms with Gasteiger partial charge < -0.3 is 9.30 Å². The zero-order valence-corrected chi connectivity index (χ0v) is 22.4. The number of nitrogens with zero attached hydrogens (tertiary/aromatic N) is 2. The first-order valence-corrected chi connectivity index (χ1v) is 13.9. The summed E-state index contributed by atoms with van der Waals surface area (Å²) in [6, 6.07) is 17.1. The smallest absolute Gasteiger partial charge is 0.279 e. The van der Waals surface area contributed by atoms with Gasteiger partial charge in [-0.15, -0.1) is 0 Å². The van der Waals surface area contributed by atoms with E-state index in [9.17, 15) is 13.2 Å². The third-order valence-electron chi connectivity index (χ3n) is 5.87. The predicted octanol–water partition coefficient (Wildman–Crippen LogP) is 5.21. The zero-order chi connectivity index (χ0) is 25.9. The van der Waals surface area contributed by atoms with Gasteiger partial charge in [0.2, 0.25) is 0 Å². The Morgan fingerprint density at radius 1 is 1.00 bits per heavy atom. The van der Waals surface area contributed by atoms with Crippen LogP contribution in [0, 0.1) is 20.8 Å². The number of aromatic nitrogens is 1. The number of benzene rings is 3. The van der Waals surface area contributed by atoms with Crippen LogP contribution in [-0.2, 0) is 21.3 Å². The Balaban J connectivity index is 1.61. The highest BCUT2D eigenvalue weighted by Crippen LogP contribution is 2.22. The van der Waals surface area contributed by atoms with E-state index >= 15 is 0 Å². The molecular formula is C27H29N3O4S2. The number of fused-ring (bicyclic) bond motifs is 1. The number of sulfonamides is 1. The van der Waals surface area contributed by atoms with Crippen LogP contribution in [0.25, 0.3) is 10.2 Å². The Hall–Kier alpha value is -3.27. The summed E-state index contributed by atoms with van der Waals surface area (Å²) < 4.78 is 36.5.